The molecule has 88 valence electrons. The van der Waals surface area contributed by atoms with Gasteiger partial charge in [-0.1, -0.05) is 0 Å². The summed E-state index contributed by atoms with van der Waals surface area (Å²) in [6.45, 7) is 0. The second kappa shape index (κ2) is 4.48. The van der Waals surface area contributed by atoms with Crippen molar-refractivity contribution >= 4 is 15.8 Å². The summed E-state index contributed by atoms with van der Waals surface area (Å²) < 4.78 is 27.5. The van der Waals surface area contributed by atoms with Gasteiger partial charge < -0.3 is 4.74 Å². The molecule has 0 fully saturated rings. The monoisotopic (exact) mass is 245 g/mol. The first kappa shape index (κ1) is 12.4. The van der Waals surface area contributed by atoms with Gasteiger partial charge in [0.05, 0.1) is 12.7 Å². The Balaban J connectivity index is 3.19. The van der Waals surface area contributed by atoms with Crippen LogP contribution in [0.25, 0.3) is 0 Å². The molecule has 0 amide bonds. The molecule has 0 atom stereocenters. The van der Waals surface area contributed by atoms with E-state index in [-0.39, 0.29) is 5.56 Å². The van der Waals surface area contributed by atoms with Gasteiger partial charge in [0.25, 0.3) is 5.56 Å². The lowest BCUT2D eigenvalue weighted by Crippen LogP contribution is -2.24. The molecule has 1 heterocycles. The number of rotatable bonds is 3. The lowest BCUT2D eigenvalue weighted by Gasteiger charge is -2.05. The fourth-order valence-corrected chi connectivity index (χ4v) is 1.83. The van der Waals surface area contributed by atoms with Crippen LogP contribution < -0.4 is 5.56 Å². The predicted octanol–water partition coefficient (Wildman–Crippen LogP) is -0.363. The Kier molecular flexibility index (Phi) is 3.48. The Labute approximate surface area is 92.4 Å². The van der Waals surface area contributed by atoms with Gasteiger partial charge in [-0.15, -0.1) is 0 Å². The summed E-state index contributed by atoms with van der Waals surface area (Å²) >= 11 is 0. The number of methoxy groups -OCH3 is 1. The number of carbonyl (C=O) groups is 1. The highest BCUT2D eigenvalue weighted by molar-refractivity contribution is 7.89. The summed E-state index contributed by atoms with van der Waals surface area (Å²) in [6.07, 6.45) is 2.17. The smallest absolute Gasteiger partial charge is 0.339 e. The van der Waals surface area contributed by atoms with Crippen molar-refractivity contribution in [2.24, 2.45) is 0 Å². The van der Waals surface area contributed by atoms with Crippen LogP contribution in [0.2, 0.25) is 0 Å². The van der Waals surface area contributed by atoms with E-state index in [1.807, 2.05) is 0 Å². The fraction of sp³-hybridized carbons (Fsp3) is 0.333. The lowest BCUT2D eigenvalue weighted by molar-refractivity contribution is 0.0599. The van der Waals surface area contributed by atoms with Gasteiger partial charge in [0, 0.05) is 18.5 Å². The molecule has 0 N–H and O–H groups in total. The molecular weight excluding hydrogens is 234 g/mol. The average molecular weight is 245 g/mol. The molecular formula is C9H11NO5S. The van der Waals surface area contributed by atoms with E-state index in [4.69, 9.17) is 0 Å². The topological polar surface area (TPSA) is 82.4 Å². The Bertz CT molecular complexity index is 558. The zero-order chi connectivity index (χ0) is 12.3. The van der Waals surface area contributed by atoms with E-state index in [1.54, 1.807) is 0 Å². The van der Waals surface area contributed by atoms with Crippen LogP contribution in [0, 0.1) is 0 Å². The number of hydrogen-bond donors (Lipinski definition) is 0. The predicted molar refractivity (Wildman–Crippen MR) is 56.9 cm³/mol. The maximum absolute atomic E-state index is 11.3. The second-order valence-corrected chi connectivity index (χ2v) is 5.38. The quantitative estimate of drug-likeness (QED) is 0.679. The maximum atomic E-state index is 11.3. The van der Waals surface area contributed by atoms with Crippen molar-refractivity contribution in [1.82, 2.24) is 4.57 Å². The molecule has 1 aromatic heterocycles. The molecule has 0 bridgehead atoms. The lowest BCUT2D eigenvalue weighted by atomic mass is 10.3. The van der Waals surface area contributed by atoms with E-state index >= 15 is 0 Å². The minimum atomic E-state index is -3.34. The van der Waals surface area contributed by atoms with Gasteiger partial charge in [0.2, 0.25) is 0 Å². The molecule has 0 aliphatic heterocycles. The molecule has 16 heavy (non-hydrogen) atoms. The van der Waals surface area contributed by atoms with Crippen LogP contribution in [0.15, 0.2) is 23.1 Å². The number of sulfone groups is 1. The number of nitrogens with zero attached hydrogens (tertiary/aromatic N) is 1. The van der Waals surface area contributed by atoms with Crippen LogP contribution >= 0.6 is 0 Å². The van der Waals surface area contributed by atoms with Gasteiger partial charge in [-0.25, -0.2) is 13.2 Å². The summed E-state index contributed by atoms with van der Waals surface area (Å²) in [5, 5.41) is 0. The van der Waals surface area contributed by atoms with Crippen LogP contribution in [-0.2, 0) is 20.5 Å². The van der Waals surface area contributed by atoms with Crippen molar-refractivity contribution in [2.45, 2.75) is 5.88 Å². The maximum Gasteiger partial charge on any atom is 0.339 e. The van der Waals surface area contributed by atoms with E-state index in [0.29, 0.717) is 0 Å². The summed E-state index contributed by atoms with van der Waals surface area (Å²) in [7, 11) is -2.14. The van der Waals surface area contributed by atoms with Crippen LogP contribution in [-0.4, -0.2) is 32.3 Å². The third-order valence-electron chi connectivity index (χ3n) is 1.78. The summed E-state index contributed by atoms with van der Waals surface area (Å²) in [5.74, 6) is -1.08. The van der Waals surface area contributed by atoms with E-state index in [9.17, 15) is 18.0 Å². The van der Waals surface area contributed by atoms with Crippen LogP contribution in [0.1, 0.15) is 10.4 Å². The number of ether oxygens (including phenoxy) is 1. The molecule has 0 saturated heterocycles. The van der Waals surface area contributed by atoms with Gasteiger partial charge in [0.15, 0.2) is 9.84 Å². The van der Waals surface area contributed by atoms with Crippen LogP contribution in [0.3, 0.4) is 0 Å². The number of esters is 1. The highest BCUT2D eigenvalue weighted by Crippen LogP contribution is 1.99. The molecule has 0 aliphatic rings. The van der Waals surface area contributed by atoms with Gasteiger partial charge in [-0.2, -0.15) is 0 Å². The largest absolute Gasteiger partial charge is 0.465 e. The summed E-state index contributed by atoms with van der Waals surface area (Å²) in [4.78, 5) is 22.5. The molecule has 6 nitrogen and oxygen atoms in total. The third kappa shape index (κ3) is 3.20. The standard InChI is InChI=1S/C9H11NO5S/c1-15-9(12)7-3-4-8(11)10(5-7)6-16(2,13)14/h3-5H,6H2,1-2H3. The minimum absolute atomic E-state index is 0.130. The number of aromatic nitrogens is 1. The van der Waals surface area contributed by atoms with Gasteiger partial charge in [-0.05, 0) is 6.07 Å². The van der Waals surface area contributed by atoms with Crippen LogP contribution in [0.4, 0.5) is 0 Å². The molecule has 0 unspecified atom stereocenters. The first-order valence-corrected chi connectivity index (χ1v) is 6.36. The zero-order valence-corrected chi connectivity index (χ0v) is 9.65. The molecule has 0 radical (unpaired) electrons. The first-order valence-electron chi connectivity index (χ1n) is 4.30. The molecule has 0 aliphatic carbocycles. The molecule has 1 rings (SSSR count). The Hall–Kier alpha value is -1.63. The number of carbonyl (C=O) groups excluding carboxylic acids is 1. The SMILES string of the molecule is COC(=O)c1ccc(=O)n(CS(C)(=O)=O)c1. The van der Waals surface area contributed by atoms with Crippen molar-refractivity contribution in [1.29, 1.82) is 0 Å². The molecule has 0 aromatic carbocycles. The second-order valence-electron chi connectivity index (χ2n) is 3.27. The minimum Gasteiger partial charge on any atom is -0.465 e. The van der Waals surface area contributed by atoms with E-state index < -0.39 is 27.2 Å². The van der Waals surface area contributed by atoms with Gasteiger partial charge in [0.1, 0.15) is 5.88 Å². The Morgan fingerprint density at radius 1 is 1.44 bits per heavy atom. The molecule has 0 spiro atoms. The van der Waals surface area contributed by atoms with E-state index in [1.165, 1.54) is 13.2 Å². The van der Waals surface area contributed by atoms with Crippen molar-refractivity contribution < 1.29 is 17.9 Å². The van der Waals surface area contributed by atoms with Crippen molar-refractivity contribution in [3.63, 3.8) is 0 Å². The zero-order valence-electron chi connectivity index (χ0n) is 8.84. The molecule has 1 aromatic rings. The van der Waals surface area contributed by atoms with Crippen molar-refractivity contribution in [3.05, 3.63) is 34.2 Å². The molecule has 7 heteroatoms. The van der Waals surface area contributed by atoms with Crippen LogP contribution in [0.5, 0.6) is 0 Å². The van der Waals surface area contributed by atoms with Crippen molar-refractivity contribution in [2.75, 3.05) is 13.4 Å². The van der Waals surface area contributed by atoms with E-state index in [2.05, 4.69) is 4.74 Å². The summed E-state index contributed by atoms with van der Waals surface area (Å²) in [6, 6.07) is 2.41. The number of pyridine rings is 1. The average Bonchev–Trinajstić information content (AvgIpc) is 2.18. The number of hydrogen-bond acceptors (Lipinski definition) is 5. The Morgan fingerprint density at radius 3 is 2.56 bits per heavy atom. The summed E-state index contributed by atoms with van der Waals surface area (Å²) in [5.41, 5.74) is -0.358. The van der Waals surface area contributed by atoms with Gasteiger partial charge in [-0.3, -0.25) is 9.36 Å². The Morgan fingerprint density at radius 2 is 2.06 bits per heavy atom. The van der Waals surface area contributed by atoms with E-state index in [0.717, 1.165) is 23.1 Å². The highest BCUT2D eigenvalue weighted by atomic mass is 32.2. The van der Waals surface area contributed by atoms with Crippen molar-refractivity contribution in [3.8, 4) is 0 Å². The van der Waals surface area contributed by atoms with Gasteiger partial charge >= 0.3 is 5.97 Å². The highest BCUT2D eigenvalue weighted by Gasteiger charge is 2.10. The fourth-order valence-electron chi connectivity index (χ4n) is 1.12. The first-order chi connectivity index (χ1) is 7.33. The normalized spacial score (nSPS) is 11.1. The molecule has 0 saturated carbocycles. The third-order valence-corrected chi connectivity index (χ3v) is 2.53.